The zero-order valence-electron chi connectivity index (χ0n) is 11.4. The summed E-state index contributed by atoms with van der Waals surface area (Å²) in [4.78, 5) is 22.5. The first kappa shape index (κ1) is 16.1. The average Bonchev–Trinajstić information content (AvgIpc) is 2.38. The number of rotatable bonds is 6. The summed E-state index contributed by atoms with van der Waals surface area (Å²) in [5.74, 6) is -2.77. The normalized spacial score (nSPS) is 15.2. The van der Waals surface area contributed by atoms with Crippen molar-refractivity contribution >= 4 is 11.9 Å². The van der Waals surface area contributed by atoms with E-state index in [1.807, 2.05) is 0 Å². The molecule has 2 atom stereocenters. The highest BCUT2D eigenvalue weighted by Crippen LogP contribution is 2.13. The van der Waals surface area contributed by atoms with Crippen molar-refractivity contribution in [2.24, 2.45) is 5.92 Å². The first-order valence-corrected chi connectivity index (χ1v) is 6.21. The molecule has 0 radical (unpaired) electrons. The van der Waals surface area contributed by atoms with Crippen LogP contribution in [-0.4, -0.2) is 34.2 Å². The minimum Gasteiger partial charge on any atom is -0.479 e. The fourth-order valence-electron chi connectivity index (χ4n) is 1.60. The van der Waals surface area contributed by atoms with Crippen LogP contribution in [0.15, 0.2) is 24.3 Å². The Morgan fingerprint density at radius 1 is 1.40 bits per heavy atom. The van der Waals surface area contributed by atoms with E-state index >= 15 is 0 Å². The van der Waals surface area contributed by atoms with Crippen molar-refractivity contribution in [1.82, 2.24) is 5.32 Å². The van der Waals surface area contributed by atoms with Gasteiger partial charge in [-0.3, -0.25) is 4.79 Å². The Labute approximate surface area is 116 Å². The van der Waals surface area contributed by atoms with Crippen LogP contribution in [0.3, 0.4) is 0 Å². The van der Waals surface area contributed by atoms with Crippen LogP contribution in [0.25, 0.3) is 0 Å². The molecule has 0 aliphatic heterocycles. The molecule has 0 spiro atoms. The zero-order chi connectivity index (χ0) is 15.3. The molecule has 0 saturated carbocycles. The number of carbonyl (C=O) groups is 2. The van der Waals surface area contributed by atoms with Crippen molar-refractivity contribution < 1.29 is 24.2 Å². The van der Waals surface area contributed by atoms with E-state index in [-0.39, 0.29) is 12.2 Å². The number of hydrogen-bond acceptors (Lipinski definition) is 3. The summed E-state index contributed by atoms with van der Waals surface area (Å²) in [7, 11) is 0. The van der Waals surface area contributed by atoms with E-state index in [9.17, 15) is 19.1 Å². The Morgan fingerprint density at radius 3 is 2.55 bits per heavy atom. The van der Waals surface area contributed by atoms with Gasteiger partial charge in [0.1, 0.15) is 5.82 Å². The summed E-state index contributed by atoms with van der Waals surface area (Å²) in [5.41, 5.74) is -1.60. The molecule has 1 rings (SSSR count). The van der Waals surface area contributed by atoms with E-state index in [4.69, 9.17) is 5.11 Å². The van der Waals surface area contributed by atoms with E-state index in [0.29, 0.717) is 5.56 Å². The Bertz CT molecular complexity index is 502. The highest BCUT2D eigenvalue weighted by Gasteiger charge is 2.30. The monoisotopic (exact) mass is 283 g/mol. The molecule has 0 aromatic heterocycles. The van der Waals surface area contributed by atoms with Gasteiger partial charge in [0.25, 0.3) is 0 Å². The molecule has 3 N–H and O–H groups in total. The topological polar surface area (TPSA) is 86.6 Å². The maximum absolute atomic E-state index is 13.4. The van der Waals surface area contributed by atoms with Gasteiger partial charge in [0.2, 0.25) is 5.91 Å². The van der Waals surface area contributed by atoms with Crippen molar-refractivity contribution in [2.75, 3.05) is 6.54 Å². The number of benzene rings is 1. The van der Waals surface area contributed by atoms with Crippen LogP contribution in [0.1, 0.15) is 19.4 Å². The predicted octanol–water partition coefficient (Wildman–Crippen LogP) is 0.956. The number of carbonyl (C=O) groups excluding carboxylic acids is 1. The van der Waals surface area contributed by atoms with Crippen LogP contribution in [0.5, 0.6) is 0 Å². The molecule has 0 heterocycles. The molecule has 6 heteroatoms. The number of hydrogen-bond donors (Lipinski definition) is 3. The molecule has 0 aliphatic rings. The second-order valence-electron chi connectivity index (χ2n) is 4.99. The minimum atomic E-state index is -2.02. The number of carboxylic acid groups (broad SMARTS) is 1. The molecule has 1 aromatic rings. The third-order valence-corrected chi connectivity index (χ3v) is 3.00. The lowest BCUT2D eigenvalue weighted by Crippen LogP contribution is -2.47. The highest BCUT2D eigenvalue weighted by molar-refractivity contribution is 5.81. The van der Waals surface area contributed by atoms with Gasteiger partial charge in [-0.15, -0.1) is 0 Å². The van der Waals surface area contributed by atoms with Crippen LogP contribution in [0, 0.1) is 11.7 Å². The van der Waals surface area contributed by atoms with Crippen LogP contribution in [0.2, 0.25) is 0 Å². The zero-order valence-corrected chi connectivity index (χ0v) is 11.4. The second kappa shape index (κ2) is 6.47. The number of halogens is 1. The minimum absolute atomic E-state index is 0.202. The number of aliphatic hydroxyl groups is 1. The van der Waals surface area contributed by atoms with Gasteiger partial charge in [-0.25, -0.2) is 9.18 Å². The van der Waals surface area contributed by atoms with E-state index in [1.54, 1.807) is 25.1 Å². The van der Waals surface area contributed by atoms with Crippen molar-refractivity contribution in [1.29, 1.82) is 0 Å². The first-order valence-electron chi connectivity index (χ1n) is 6.21. The molecule has 20 heavy (non-hydrogen) atoms. The van der Waals surface area contributed by atoms with Gasteiger partial charge in [0.05, 0.1) is 6.54 Å². The third-order valence-electron chi connectivity index (χ3n) is 3.00. The van der Waals surface area contributed by atoms with E-state index in [0.717, 1.165) is 6.92 Å². The Morgan fingerprint density at radius 2 is 2.00 bits per heavy atom. The lowest BCUT2D eigenvalue weighted by molar-refractivity contribution is -0.156. The molecule has 0 bridgehead atoms. The second-order valence-corrected chi connectivity index (χ2v) is 4.99. The van der Waals surface area contributed by atoms with E-state index < -0.39 is 29.9 Å². The number of amides is 1. The maximum Gasteiger partial charge on any atom is 0.337 e. The molecular weight excluding hydrogens is 265 g/mol. The Balaban J connectivity index is 2.56. The van der Waals surface area contributed by atoms with Gasteiger partial charge in [0, 0.05) is 5.92 Å². The lowest BCUT2D eigenvalue weighted by Gasteiger charge is -2.20. The molecule has 0 fully saturated rings. The molecule has 5 nitrogen and oxygen atoms in total. The molecule has 2 unspecified atom stereocenters. The van der Waals surface area contributed by atoms with Crippen LogP contribution >= 0.6 is 0 Å². The smallest absolute Gasteiger partial charge is 0.337 e. The standard InChI is InChI=1S/C14H18FNO4/c1-9(7-10-5-3-4-6-11(10)15)12(17)16-8-14(2,20)13(18)19/h3-6,9,20H,7-8H2,1-2H3,(H,16,17)(H,18,19). The van der Waals surface area contributed by atoms with Crippen LogP contribution < -0.4 is 5.32 Å². The van der Waals surface area contributed by atoms with Crippen LogP contribution in [0.4, 0.5) is 4.39 Å². The van der Waals surface area contributed by atoms with Gasteiger partial charge in [-0.05, 0) is 25.0 Å². The lowest BCUT2D eigenvalue weighted by atomic mass is 9.99. The summed E-state index contributed by atoms with van der Waals surface area (Å²) < 4.78 is 13.4. The van der Waals surface area contributed by atoms with Crippen molar-refractivity contribution in [2.45, 2.75) is 25.9 Å². The molecule has 110 valence electrons. The van der Waals surface area contributed by atoms with Gasteiger partial charge in [-0.2, -0.15) is 0 Å². The van der Waals surface area contributed by atoms with E-state index in [1.165, 1.54) is 6.07 Å². The highest BCUT2D eigenvalue weighted by atomic mass is 19.1. The third kappa shape index (κ3) is 4.31. The SMILES string of the molecule is CC(Cc1ccccc1F)C(=O)NCC(C)(O)C(=O)O. The van der Waals surface area contributed by atoms with Gasteiger partial charge in [-0.1, -0.05) is 25.1 Å². The van der Waals surface area contributed by atoms with Gasteiger partial charge in [0.15, 0.2) is 5.60 Å². The van der Waals surface area contributed by atoms with Crippen LogP contribution in [-0.2, 0) is 16.0 Å². The van der Waals surface area contributed by atoms with Gasteiger partial charge < -0.3 is 15.5 Å². The summed E-state index contributed by atoms with van der Waals surface area (Å²) >= 11 is 0. The molecule has 0 aliphatic carbocycles. The number of carboxylic acids is 1. The Hall–Kier alpha value is -1.95. The number of nitrogens with one attached hydrogen (secondary N) is 1. The van der Waals surface area contributed by atoms with Gasteiger partial charge >= 0.3 is 5.97 Å². The van der Waals surface area contributed by atoms with Crippen molar-refractivity contribution in [3.05, 3.63) is 35.6 Å². The summed E-state index contributed by atoms with van der Waals surface area (Å²) in [6, 6.07) is 6.15. The average molecular weight is 283 g/mol. The maximum atomic E-state index is 13.4. The summed E-state index contributed by atoms with van der Waals surface area (Å²) in [6.45, 7) is 2.30. The molecular formula is C14H18FNO4. The largest absolute Gasteiger partial charge is 0.479 e. The first-order chi connectivity index (χ1) is 9.24. The predicted molar refractivity (Wildman–Crippen MR) is 70.5 cm³/mol. The quantitative estimate of drug-likeness (QED) is 0.725. The van der Waals surface area contributed by atoms with Crippen molar-refractivity contribution in [3.8, 4) is 0 Å². The Kier molecular flexibility index (Phi) is 5.21. The van der Waals surface area contributed by atoms with E-state index in [2.05, 4.69) is 5.32 Å². The summed E-state index contributed by atoms with van der Waals surface area (Å²) in [6.07, 6.45) is 0.202. The summed E-state index contributed by atoms with van der Waals surface area (Å²) in [5, 5.41) is 20.5. The number of aliphatic carboxylic acids is 1. The fraction of sp³-hybridized carbons (Fsp3) is 0.429. The van der Waals surface area contributed by atoms with Crippen molar-refractivity contribution in [3.63, 3.8) is 0 Å². The molecule has 1 amide bonds. The fourth-order valence-corrected chi connectivity index (χ4v) is 1.60. The molecule has 1 aromatic carbocycles. The molecule has 0 saturated heterocycles.